The summed E-state index contributed by atoms with van der Waals surface area (Å²) < 4.78 is 0. The molecular weight excluding hydrogens is 566 g/mol. The van der Waals surface area contributed by atoms with Crippen molar-refractivity contribution in [3.8, 4) is 0 Å². The fraction of sp³-hybridized carbons (Fsp3) is 0.243. The summed E-state index contributed by atoms with van der Waals surface area (Å²) in [6, 6.07) is 29.8. The van der Waals surface area contributed by atoms with Crippen LogP contribution in [0.3, 0.4) is 0 Å². The molecule has 8 nitrogen and oxygen atoms in total. The van der Waals surface area contributed by atoms with Crippen molar-refractivity contribution < 1.29 is 24.3 Å². The molecule has 0 unspecified atom stereocenters. The second kappa shape index (κ2) is 15.0. The van der Waals surface area contributed by atoms with Gasteiger partial charge in [-0.2, -0.15) is 0 Å². The van der Waals surface area contributed by atoms with Crippen LogP contribution in [0, 0.1) is 0 Å². The van der Waals surface area contributed by atoms with Gasteiger partial charge in [0.2, 0.25) is 11.8 Å². The van der Waals surface area contributed by atoms with Crippen LogP contribution >= 0.6 is 0 Å². The first kappa shape index (κ1) is 31.2. The molecule has 1 heterocycles. The topological polar surface area (TPSA) is 116 Å². The van der Waals surface area contributed by atoms with Crippen molar-refractivity contribution in [2.75, 3.05) is 4.90 Å². The summed E-state index contributed by atoms with van der Waals surface area (Å²) in [6.45, 7) is 1.18. The number of carboxylic acids is 1. The van der Waals surface area contributed by atoms with E-state index in [1.54, 1.807) is 36.4 Å². The Bertz CT molecular complexity index is 1660. The van der Waals surface area contributed by atoms with E-state index in [4.69, 9.17) is 5.11 Å². The fourth-order valence-electron chi connectivity index (χ4n) is 5.50. The highest BCUT2D eigenvalue weighted by atomic mass is 16.4. The van der Waals surface area contributed by atoms with Crippen LogP contribution in [0.15, 0.2) is 97.1 Å². The molecule has 4 aromatic rings. The number of carbonyl (C=O) groups excluding carboxylic acids is 3. The lowest BCUT2D eigenvalue weighted by Crippen LogP contribution is -2.32. The maximum atomic E-state index is 13.4. The summed E-state index contributed by atoms with van der Waals surface area (Å²) in [7, 11) is 0. The molecule has 0 radical (unpaired) electrons. The van der Waals surface area contributed by atoms with E-state index in [2.05, 4.69) is 28.8 Å². The largest absolute Gasteiger partial charge is 0.478 e. The van der Waals surface area contributed by atoms with Gasteiger partial charge in [-0.15, -0.1) is 0 Å². The first-order valence-corrected chi connectivity index (χ1v) is 15.3. The smallest absolute Gasteiger partial charge is 0.335 e. The highest BCUT2D eigenvalue weighted by Crippen LogP contribution is 2.29. The molecule has 3 amide bonds. The van der Waals surface area contributed by atoms with Crippen LogP contribution in [0.5, 0.6) is 0 Å². The van der Waals surface area contributed by atoms with Gasteiger partial charge in [-0.05, 0) is 83.8 Å². The van der Waals surface area contributed by atoms with Crippen LogP contribution in [-0.4, -0.2) is 28.8 Å². The molecule has 230 valence electrons. The summed E-state index contributed by atoms with van der Waals surface area (Å²) in [4.78, 5) is 51.3. The van der Waals surface area contributed by atoms with E-state index in [0.29, 0.717) is 44.3 Å². The molecule has 0 aliphatic carbocycles. The lowest BCUT2D eigenvalue weighted by Gasteiger charge is -2.29. The molecule has 3 N–H and O–H groups in total. The number of para-hydroxylation sites is 1. The molecule has 0 fully saturated rings. The molecule has 0 atom stereocenters. The number of nitrogens with one attached hydrogen (secondary N) is 2. The van der Waals surface area contributed by atoms with Crippen molar-refractivity contribution in [2.45, 2.75) is 58.2 Å². The summed E-state index contributed by atoms with van der Waals surface area (Å²) in [5.74, 6) is -1.25. The van der Waals surface area contributed by atoms with Gasteiger partial charge in [0.25, 0.3) is 5.91 Å². The predicted octanol–water partition coefficient (Wildman–Crippen LogP) is 5.82. The van der Waals surface area contributed by atoms with Gasteiger partial charge in [-0.3, -0.25) is 14.4 Å². The van der Waals surface area contributed by atoms with Gasteiger partial charge < -0.3 is 20.6 Å². The monoisotopic (exact) mass is 603 g/mol. The van der Waals surface area contributed by atoms with Crippen LogP contribution in [0.25, 0.3) is 0 Å². The van der Waals surface area contributed by atoms with Crippen molar-refractivity contribution in [2.24, 2.45) is 0 Å². The first-order chi connectivity index (χ1) is 21.9. The van der Waals surface area contributed by atoms with Crippen LogP contribution < -0.4 is 15.5 Å². The third-order valence-corrected chi connectivity index (χ3v) is 8.10. The number of rotatable bonds is 11. The zero-order chi connectivity index (χ0) is 31.6. The van der Waals surface area contributed by atoms with Gasteiger partial charge in [0, 0.05) is 37.2 Å². The Morgan fingerprint density at radius 1 is 0.622 bits per heavy atom. The number of hydrogen-bond donors (Lipinski definition) is 3. The molecule has 1 aliphatic heterocycles. The number of anilines is 1. The highest BCUT2D eigenvalue weighted by Gasteiger charge is 2.22. The van der Waals surface area contributed by atoms with E-state index in [-0.39, 0.29) is 29.8 Å². The number of amides is 3. The molecule has 4 aromatic carbocycles. The molecule has 0 spiro atoms. The van der Waals surface area contributed by atoms with Gasteiger partial charge >= 0.3 is 5.97 Å². The summed E-state index contributed by atoms with van der Waals surface area (Å²) in [5.41, 5.74) is 6.96. The summed E-state index contributed by atoms with van der Waals surface area (Å²) >= 11 is 0. The number of aromatic carboxylic acids is 1. The maximum absolute atomic E-state index is 13.4. The average Bonchev–Trinajstić information content (AvgIpc) is 3.06. The number of unbranched alkanes of at least 4 members (excludes halogenated alkanes) is 1. The quantitative estimate of drug-likeness (QED) is 0.187. The lowest BCUT2D eigenvalue weighted by molar-refractivity contribution is -0.122. The minimum absolute atomic E-state index is 0.0692. The predicted molar refractivity (Wildman–Crippen MR) is 173 cm³/mol. The molecule has 45 heavy (non-hydrogen) atoms. The Hall–Kier alpha value is -5.24. The highest BCUT2D eigenvalue weighted by molar-refractivity contribution is 5.95. The van der Waals surface area contributed by atoms with Gasteiger partial charge in [-0.25, -0.2) is 4.79 Å². The molecule has 0 saturated carbocycles. The number of carbonyl (C=O) groups is 4. The molecule has 0 aromatic heterocycles. The molecule has 0 bridgehead atoms. The van der Waals surface area contributed by atoms with Crippen molar-refractivity contribution in [1.29, 1.82) is 0 Å². The molecule has 8 heteroatoms. The minimum atomic E-state index is -0.994. The van der Waals surface area contributed by atoms with E-state index in [1.807, 2.05) is 35.2 Å². The lowest BCUT2D eigenvalue weighted by atomic mass is 9.95. The van der Waals surface area contributed by atoms with Crippen molar-refractivity contribution >= 4 is 29.4 Å². The van der Waals surface area contributed by atoms with Crippen LogP contribution in [0.1, 0.15) is 74.2 Å². The van der Waals surface area contributed by atoms with E-state index in [1.165, 1.54) is 28.8 Å². The Balaban J connectivity index is 1.04. The Kier molecular flexibility index (Phi) is 10.4. The maximum Gasteiger partial charge on any atom is 0.335 e. The van der Waals surface area contributed by atoms with E-state index in [0.717, 1.165) is 29.7 Å². The van der Waals surface area contributed by atoms with E-state index >= 15 is 0 Å². The Morgan fingerprint density at radius 3 is 1.87 bits per heavy atom. The molecule has 0 saturated heterocycles. The molecule has 5 rings (SSSR count). The second-order valence-electron chi connectivity index (χ2n) is 11.2. The number of aryl methyl sites for hydroxylation is 2. The van der Waals surface area contributed by atoms with Crippen LogP contribution in [0.4, 0.5) is 5.69 Å². The summed E-state index contributed by atoms with van der Waals surface area (Å²) in [6.07, 6.45) is 3.79. The van der Waals surface area contributed by atoms with E-state index < -0.39 is 5.97 Å². The van der Waals surface area contributed by atoms with Gasteiger partial charge in [0.15, 0.2) is 0 Å². The minimum Gasteiger partial charge on any atom is -0.478 e. The van der Waals surface area contributed by atoms with Crippen LogP contribution in [0.2, 0.25) is 0 Å². The zero-order valence-electron chi connectivity index (χ0n) is 25.1. The Morgan fingerprint density at radius 2 is 1.18 bits per heavy atom. The normalized spacial score (nSPS) is 12.2. The third-order valence-electron chi connectivity index (χ3n) is 8.10. The number of fused-ring (bicyclic) bond motifs is 2. The second-order valence-corrected chi connectivity index (χ2v) is 11.2. The van der Waals surface area contributed by atoms with E-state index in [9.17, 15) is 19.2 Å². The SMILES string of the molecule is O=C(CCCCC(=O)N1Cc2ccccc2CCc2ccccc21)NCc1ccc(C(=O)NCc2ccc(C(=O)O)cc2)cc1. The van der Waals surface area contributed by atoms with Gasteiger partial charge in [-0.1, -0.05) is 66.7 Å². The fourth-order valence-corrected chi connectivity index (χ4v) is 5.50. The third kappa shape index (κ3) is 8.44. The van der Waals surface area contributed by atoms with Crippen molar-refractivity contribution in [3.63, 3.8) is 0 Å². The zero-order valence-corrected chi connectivity index (χ0v) is 25.1. The van der Waals surface area contributed by atoms with Crippen molar-refractivity contribution in [1.82, 2.24) is 10.6 Å². The first-order valence-electron chi connectivity index (χ1n) is 15.3. The van der Waals surface area contributed by atoms with Gasteiger partial charge in [0.1, 0.15) is 0 Å². The van der Waals surface area contributed by atoms with Gasteiger partial charge in [0.05, 0.1) is 12.1 Å². The average molecular weight is 604 g/mol. The summed E-state index contributed by atoms with van der Waals surface area (Å²) in [5, 5.41) is 14.7. The standard InChI is InChI=1S/C37H37N3O5/c41-34(38-23-26-13-17-30(18-14-26)36(43)39-24-27-15-19-31(20-16-27)37(44)45)11-5-6-12-35(42)40-25-32-9-2-1-7-28(32)21-22-29-8-3-4-10-33(29)40/h1-4,7-10,13-20H,5-6,11-12,21-25H2,(H,38,41)(H,39,43)(H,44,45). The number of benzene rings is 4. The molecular formula is C37H37N3O5. The van der Waals surface area contributed by atoms with Crippen LogP contribution in [-0.2, 0) is 42.1 Å². The molecule has 1 aliphatic rings. The number of hydrogen-bond acceptors (Lipinski definition) is 4. The Labute approximate surface area is 263 Å². The number of nitrogens with zero attached hydrogens (tertiary/aromatic N) is 1. The van der Waals surface area contributed by atoms with Crippen molar-refractivity contribution in [3.05, 3.63) is 136 Å². The number of carboxylic acid groups (broad SMARTS) is 1.